The Labute approximate surface area is 123 Å². The van der Waals surface area contributed by atoms with Crippen LogP contribution in [0.4, 0.5) is 4.39 Å². The lowest BCUT2D eigenvalue weighted by atomic mass is 9.93. The zero-order chi connectivity index (χ0) is 14.9. The van der Waals surface area contributed by atoms with Crippen LogP contribution in [0.3, 0.4) is 0 Å². The van der Waals surface area contributed by atoms with E-state index in [-0.39, 0.29) is 17.3 Å². The normalized spacial score (nSPS) is 13.5. The van der Waals surface area contributed by atoms with E-state index in [4.69, 9.17) is 5.73 Å². The van der Waals surface area contributed by atoms with E-state index in [9.17, 15) is 4.39 Å². The first-order chi connectivity index (χ1) is 9.27. The van der Waals surface area contributed by atoms with Crippen molar-refractivity contribution < 1.29 is 4.39 Å². The van der Waals surface area contributed by atoms with Crippen molar-refractivity contribution in [1.29, 1.82) is 0 Å². The van der Waals surface area contributed by atoms with E-state index in [0.717, 1.165) is 21.8 Å². The van der Waals surface area contributed by atoms with E-state index in [1.807, 2.05) is 6.92 Å². The topological polar surface area (TPSA) is 38.9 Å². The van der Waals surface area contributed by atoms with Crippen LogP contribution >= 0.6 is 11.3 Å². The molecule has 0 radical (unpaired) electrons. The second-order valence-corrected chi connectivity index (χ2v) is 7.13. The molecule has 0 aliphatic heterocycles. The van der Waals surface area contributed by atoms with Crippen molar-refractivity contribution in [2.24, 2.45) is 5.73 Å². The molecule has 0 spiro atoms. The summed E-state index contributed by atoms with van der Waals surface area (Å²) in [4.78, 5) is 4.66. The molecule has 20 heavy (non-hydrogen) atoms. The van der Waals surface area contributed by atoms with Gasteiger partial charge in [0.15, 0.2) is 0 Å². The van der Waals surface area contributed by atoms with Crippen LogP contribution in [0.15, 0.2) is 23.6 Å². The molecule has 2 N–H and O–H groups in total. The molecule has 1 unspecified atom stereocenters. The average molecular weight is 292 g/mol. The Balaban J connectivity index is 2.15. The lowest BCUT2D eigenvalue weighted by Crippen LogP contribution is -2.16. The maximum Gasteiger partial charge on any atom is 0.123 e. The lowest BCUT2D eigenvalue weighted by molar-refractivity contribution is 0.568. The van der Waals surface area contributed by atoms with E-state index < -0.39 is 0 Å². The first kappa shape index (κ1) is 15.1. The van der Waals surface area contributed by atoms with Crippen LogP contribution < -0.4 is 5.73 Å². The first-order valence-electron chi connectivity index (χ1n) is 6.74. The number of nitrogens with zero attached hydrogens (tertiary/aromatic N) is 1. The van der Waals surface area contributed by atoms with Crippen LogP contribution in [0.1, 0.15) is 48.6 Å². The molecule has 2 nitrogen and oxygen atoms in total. The van der Waals surface area contributed by atoms with Gasteiger partial charge in [-0.25, -0.2) is 9.37 Å². The Morgan fingerprint density at radius 1 is 1.35 bits per heavy atom. The van der Waals surface area contributed by atoms with Gasteiger partial charge in [-0.2, -0.15) is 0 Å². The summed E-state index contributed by atoms with van der Waals surface area (Å²) >= 11 is 1.64. The van der Waals surface area contributed by atoms with E-state index >= 15 is 0 Å². The Hall–Kier alpha value is -1.26. The summed E-state index contributed by atoms with van der Waals surface area (Å²) in [5, 5.41) is 3.13. The van der Waals surface area contributed by atoms with Crippen molar-refractivity contribution in [3.63, 3.8) is 0 Å². The number of halogens is 1. The van der Waals surface area contributed by atoms with Crippen molar-refractivity contribution in [2.45, 2.75) is 45.6 Å². The number of aryl methyl sites for hydroxylation is 1. The maximum atomic E-state index is 13.1. The molecule has 0 saturated carbocycles. The van der Waals surface area contributed by atoms with Crippen LogP contribution in [0, 0.1) is 12.7 Å². The molecule has 0 aliphatic rings. The second-order valence-electron chi connectivity index (χ2n) is 6.19. The van der Waals surface area contributed by atoms with Gasteiger partial charge in [0.05, 0.1) is 10.7 Å². The molecule has 0 fully saturated rings. The fourth-order valence-corrected chi connectivity index (χ4v) is 3.18. The van der Waals surface area contributed by atoms with Gasteiger partial charge in [0.2, 0.25) is 0 Å². The zero-order valence-electron chi connectivity index (χ0n) is 12.4. The van der Waals surface area contributed by atoms with E-state index in [2.05, 4.69) is 31.1 Å². The van der Waals surface area contributed by atoms with E-state index in [1.165, 1.54) is 12.1 Å². The molecule has 0 amide bonds. The number of aromatic nitrogens is 1. The summed E-state index contributed by atoms with van der Waals surface area (Å²) in [7, 11) is 0. The van der Waals surface area contributed by atoms with Crippen LogP contribution in [0.5, 0.6) is 0 Å². The predicted molar refractivity (Wildman–Crippen MR) is 82.6 cm³/mol. The monoisotopic (exact) mass is 292 g/mol. The summed E-state index contributed by atoms with van der Waals surface area (Å²) < 4.78 is 13.1. The third kappa shape index (κ3) is 3.44. The smallest absolute Gasteiger partial charge is 0.123 e. The molecule has 108 valence electrons. The van der Waals surface area contributed by atoms with E-state index in [0.29, 0.717) is 6.42 Å². The summed E-state index contributed by atoms with van der Waals surface area (Å²) in [6.45, 7) is 8.34. The van der Waals surface area contributed by atoms with Crippen LogP contribution in [0.2, 0.25) is 0 Å². The molecule has 1 heterocycles. The molecule has 1 aromatic carbocycles. The number of rotatable bonds is 3. The fraction of sp³-hybridized carbons (Fsp3) is 0.438. The summed E-state index contributed by atoms with van der Waals surface area (Å²) in [5.41, 5.74) is 9.28. The molecule has 1 atom stereocenters. The van der Waals surface area contributed by atoms with Gasteiger partial charge in [0.25, 0.3) is 0 Å². The highest BCUT2D eigenvalue weighted by atomic mass is 32.1. The second kappa shape index (κ2) is 5.62. The molecule has 4 heteroatoms. The van der Waals surface area contributed by atoms with Crippen LogP contribution in [-0.4, -0.2) is 4.98 Å². The number of hydrogen-bond acceptors (Lipinski definition) is 3. The summed E-state index contributed by atoms with van der Waals surface area (Å²) in [6, 6.07) is 4.62. The number of hydrogen-bond donors (Lipinski definition) is 1. The Morgan fingerprint density at radius 2 is 2.05 bits per heavy atom. The third-order valence-corrected chi connectivity index (χ3v) is 4.22. The highest BCUT2D eigenvalue weighted by Crippen LogP contribution is 2.27. The standard InChI is InChI=1S/C16H21FN2S/c1-10-7-11(17)5-6-12(10)13(18)8-15-19-14(9-20-15)16(2,3)4/h5-7,9,13H,8,18H2,1-4H3. The molecule has 1 aromatic heterocycles. The minimum absolute atomic E-state index is 0.0602. The van der Waals surface area contributed by atoms with Crippen molar-refractivity contribution in [2.75, 3.05) is 0 Å². The Kier molecular flexibility index (Phi) is 4.25. The Bertz CT molecular complexity index is 599. The summed E-state index contributed by atoms with van der Waals surface area (Å²) in [6.07, 6.45) is 0.688. The highest BCUT2D eigenvalue weighted by Gasteiger charge is 2.19. The van der Waals surface area contributed by atoms with E-state index in [1.54, 1.807) is 17.4 Å². The van der Waals surface area contributed by atoms with Gasteiger partial charge in [-0.15, -0.1) is 11.3 Å². The van der Waals surface area contributed by atoms with Crippen LogP contribution in [0.25, 0.3) is 0 Å². The van der Waals surface area contributed by atoms with Crippen molar-refractivity contribution >= 4 is 11.3 Å². The summed E-state index contributed by atoms with van der Waals surface area (Å²) in [5.74, 6) is -0.220. The minimum atomic E-state index is -0.220. The van der Waals surface area contributed by atoms with Crippen molar-refractivity contribution in [3.05, 3.63) is 51.2 Å². The fourth-order valence-electron chi connectivity index (χ4n) is 2.10. The Morgan fingerprint density at radius 3 is 2.60 bits per heavy atom. The molecule has 0 saturated heterocycles. The van der Waals surface area contributed by atoms with Gasteiger partial charge < -0.3 is 5.73 Å². The minimum Gasteiger partial charge on any atom is -0.324 e. The number of nitrogens with two attached hydrogens (primary N) is 1. The molecular formula is C16H21FN2S. The lowest BCUT2D eigenvalue weighted by Gasteiger charge is -2.15. The van der Waals surface area contributed by atoms with Crippen LogP contribution in [-0.2, 0) is 11.8 Å². The van der Waals surface area contributed by atoms with Gasteiger partial charge in [-0.1, -0.05) is 26.8 Å². The molecule has 2 rings (SSSR count). The zero-order valence-corrected chi connectivity index (χ0v) is 13.2. The van der Waals surface area contributed by atoms with Gasteiger partial charge >= 0.3 is 0 Å². The quantitative estimate of drug-likeness (QED) is 0.923. The molecular weight excluding hydrogens is 271 g/mol. The van der Waals surface area contributed by atoms with Crippen molar-refractivity contribution in [3.8, 4) is 0 Å². The third-order valence-electron chi connectivity index (χ3n) is 3.35. The van der Waals surface area contributed by atoms with Gasteiger partial charge in [-0.3, -0.25) is 0 Å². The highest BCUT2D eigenvalue weighted by molar-refractivity contribution is 7.09. The number of benzene rings is 1. The maximum absolute atomic E-state index is 13.1. The SMILES string of the molecule is Cc1cc(F)ccc1C(N)Cc1nc(C(C)(C)C)cs1. The first-order valence-corrected chi connectivity index (χ1v) is 7.62. The molecule has 0 aliphatic carbocycles. The number of thiazole rings is 1. The van der Waals surface area contributed by atoms with Gasteiger partial charge in [0, 0.05) is 23.3 Å². The molecule has 0 bridgehead atoms. The largest absolute Gasteiger partial charge is 0.324 e. The van der Waals surface area contributed by atoms with Crippen molar-refractivity contribution in [1.82, 2.24) is 4.98 Å². The molecule has 2 aromatic rings. The average Bonchev–Trinajstić information content (AvgIpc) is 2.76. The van der Waals surface area contributed by atoms with Gasteiger partial charge in [0.1, 0.15) is 5.82 Å². The van der Waals surface area contributed by atoms with Gasteiger partial charge in [-0.05, 0) is 30.2 Å². The predicted octanol–water partition coefficient (Wildman–Crippen LogP) is 4.13.